The molecule has 126 valence electrons. The van der Waals surface area contributed by atoms with Crippen molar-refractivity contribution in [2.45, 2.75) is 6.42 Å². The Hall–Kier alpha value is -2.97. The van der Waals surface area contributed by atoms with Crippen molar-refractivity contribution in [3.8, 4) is 17.6 Å². The summed E-state index contributed by atoms with van der Waals surface area (Å²) < 4.78 is 11.2. The molecule has 0 spiro atoms. The number of nitriles is 1. The molecule has 0 saturated heterocycles. The summed E-state index contributed by atoms with van der Waals surface area (Å²) in [5.41, 5.74) is 1.17. The zero-order valence-electron chi connectivity index (χ0n) is 13.3. The maximum atomic E-state index is 12.3. The van der Waals surface area contributed by atoms with E-state index < -0.39 is 5.91 Å². The SMILES string of the molecule is N#C/C(=C\c1cc(Cl)c2c(c1)OCCCO2)C(=O)Nc1ccccc1. The maximum absolute atomic E-state index is 12.3. The van der Waals surface area contributed by atoms with Crippen molar-refractivity contribution in [2.24, 2.45) is 0 Å². The fourth-order valence-corrected chi connectivity index (χ4v) is 2.64. The quantitative estimate of drug-likeness (QED) is 0.666. The second-order valence-electron chi connectivity index (χ2n) is 5.37. The van der Waals surface area contributed by atoms with Gasteiger partial charge in [0.15, 0.2) is 11.5 Å². The lowest BCUT2D eigenvalue weighted by molar-refractivity contribution is -0.112. The average Bonchev–Trinajstić information content (AvgIpc) is 2.86. The van der Waals surface area contributed by atoms with Crippen LogP contribution in [0.3, 0.4) is 0 Å². The minimum atomic E-state index is -0.489. The van der Waals surface area contributed by atoms with Crippen LogP contribution in [-0.2, 0) is 4.79 Å². The van der Waals surface area contributed by atoms with Crippen LogP contribution >= 0.6 is 11.6 Å². The number of anilines is 1. The number of rotatable bonds is 3. The van der Waals surface area contributed by atoms with E-state index in [1.54, 1.807) is 36.4 Å². The van der Waals surface area contributed by atoms with Gasteiger partial charge in [0, 0.05) is 12.1 Å². The number of para-hydroxylation sites is 1. The zero-order valence-corrected chi connectivity index (χ0v) is 14.0. The molecule has 0 unspecified atom stereocenters. The van der Waals surface area contributed by atoms with Gasteiger partial charge in [-0.3, -0.25) is 4.79 Å². The molecule has 0 aromatic heterocycles. The van der Waals surface area contributed by atoms with Crippen molar-refractivity contribution in [1.29, 1.82) is 5.26 Å². The van der Waals surface area contributed by atoms with Crippen LogP contribution in [-0.4, -0.2) is 19.1 Å². The fourth-order valence-electron chi connectivity index (χ4n) is 2.37. The molecule has 3 rings (SSSR count). The van der Waals surface area contributed by atoms with Crippen LogP contribution in [0.25, 0.3) is 6.08 Å². The van der Waals surface area contributed by atoms with E-state index in [1.165, 1.54) is 6.08 Å². The molecule has 1 heterocycles. The van der Waals surface area contributed by atoms with Crippen molar-refractivity contribution in [3.63, 3.8) is 0 Å². The molecule has 2 aromatic rings. The van der Waals surface area contributed by atoms with Crippen molar-refractivity contribution in [2.75, 3.05) is 18.5 Å². The van der Waals surface area contributed by atoms with Crippen LogP contribution in [0.5, 0.6) is 11.5 Å². The number of fused-ring (bicyclic) bond motifs is 1. The first-order valence-electron chi connectivity index (χ1n) is 7.75. The average molecular weight is 355 g/mol. The molecule has 1 N–H and O–H groups in total. The third kappa shape index (κ3) is 4.11. The van der Waals surface area contributed by atoms with Gasteiger partial charge in [0.05, 0.1) is 18.2 Å². The lowest BCUT2D eigenvalue weighted by Crippen LogP contribution is -2.13. The van der Waals surface area contributed by atoms with Gasteiger partial charge in [0.1, 0.15) is 11.6 Å². The molecule has 0 atom stereocenters. The van der Waals surface area contributed by atoms with E-state index in [1.807, 2.05) is 12.1 Å². The molecule has 25 heavy (non-hydrogen) atoms. The van der Waals surface area contributed by atoms with E-state index in [-0.39, 0.29) is 5.57 Å². The Morgan fingerprint density at radius 2 is 1.96 bits per heavy atom. The molecule has 6 heteroatoms. The number of ether oxygens (including phenoxy) is 2. The number of halogens is 1. The number of carbonyl (C=O) groups excluding carboxylic acids is 1. The van der Waals surface area contributed by atoms with E-state index >= 15 is 0 Å². The number of benzene rings is 2. The van der Waals surface area contributed by atoms with Gasteiger partial charge in [-0.2, -0.15) is 5.26 Å². The monoisotopic (exact) mass is 354 g/mol. The largest absolute Gasteiger partial charge is 0.489 e. The predicted octanol–water partition coefficient (Wildman–Crippen LogP) is 4.05. The molecule has 1 aliphatic heterocycles. The highest BCUT2D eigenvalue weighted by Crippen LogP contribution is 2.38. The van der Waals surface area contributed by atoms with E-state index in [0.29, 0.717) is 41.0 Å². The van der Waals surface area contributed by atoms with E-state index in [9.17, 15) is 10.1 Å². The molecular weight excluding hydrogens is 340 g/mol. The number of hydrogen-bond donors (Lipinski definition) is 1. The number of carbonyl (C=O) groups is 1. The third-order valence-corrected chi connectivity index (χ3v) is 3.81. The standard InChI is InChI=1S/C19H15ClN2O3/c20-16-10-13(11-17-18(16)25-8-4-7-24-17)9-14(12-21)19(23)22-15-5-2-1-3-6-15/h1-3,5-6,9-11H,4,7-8H2,(H,22,23)/b14-9+. The number of nitrogens with zero attached hydrogens (tertiary/aromatic N) is 1. The molecule has 0 radical (unpaired) electrons. The smallest absolute Gasteiger partial charge is 0.266 e. The van der Waals surface area contributed by atoms with Gasteiger partial charge in [-0.05, 0) is 35.9 Å². The molecule has 0 fully saturated rings. The zero-order chi connectivity index (χ0) is 17.6. The summed E-state index contributed by atoms with van der Waals surface area (Å²) in [5, 5.41) is 12.4. The normalized spacial score (nSPS) is 13.5. The van der Waals surface area contributed by atoms with Crippen LogP contribution in [0.1, 0.15) is 12.0 Å². The number of nitrogens with one attached hydrogen (secondary N) is 1. The highest BCUT2D eigenvalue weighted by atomic mass is 35.5. The Morgan fingerprint density at radius 3 is 2.72 bits per heavy atom. The Labute approximate surface area is 150 Å². The second-order valence-corrected chi connectivity index (χ2v) is 5.78. The first-order chi connectivity index (χ1) is 12.2. The lowest BCUT2D eigenvalue weighted by Gasteiger charge is -2.10. The minimum absolute atomic E-state index is 0.0330. The Balaban J connectivity index is 1.87. The third-order valence-electron chi connectivity index (χ3n) is 3.53. The first kappa shape index (κ1) is 16.9. The topological polar surface area (TPSA) is 71.3 Å². The van der Waals surface area contributed by atoms with Gasteiger partial charge >= 0.3 is 0 Å². The Bertz CT molecular complexity index is 857. The van der Waals surface area contributed by atoms with Crippen molar-refractivity contribution in [3.05, 3.63) is 58.6 Å². The van der Waals surface area contributed by atoms with Gasteiger partial charge in [0.2, 0.25) is 0 Å². The molecule has 0 saturated carbocycles. The van der Waals surface area contributed by atoms with E-state index in [0.717, 1.165) is 6.42 Å². The maximum Gasteiger partial charge on any atom is 0.266 e. The van der Waals surface area contributed by atoms with Gasteiger partial charge < -0.3 is 14.8 Å². The minimum Gasteiger partial charge on any atom is -0.489 e. The summed E-state index contributed by atoms with van der Waals surface area (Å²) in [4.78, 5) is 12.3. The van der Waals surface area contributed by atoms with Crippen LogP contribution in [0.15, 0.2) is 48.0 Å². The highest BCUT2D eigenvalue weighted by molar-refractivity contribution is 6.32. The van der Waals surface area contributed by atoms with Crippen molar-refractivity contribution >= 4 is 29.3 Å². The van der Waals surface area contributed by atoms with Crippen LogP contribution in [0.2, 0.25) is 5.02 Å². The second kappa shape index (κ2) is 7.73. The summed E-state index contributed by atoms with van der Waals surface area (Å²) in [6.07, 6.45) is 2.23. The van der Waals surface area contributed by atoms with Gasteiger partial charge in [-0.1, -0.05) is 29.8 Å². The Kier molecular flexibility index (Phi) is 5.22. The molecule has 5 nitrogen and oxygen atoms in total. The summed E-state index contributed by atoms with van der Waals surface area (Å²) in [5.74, 6) is 0.512. The van der Waals surface area contributed by atoms with Gasteiger partial charge in [-0.25, -0.2) is 0 Å². The van der Waals surface area contributed by atoms with Crippen molar-refractivity contribution < 1.29 is 14.3 Å². The lowest BCUT2D eigenvalue weighted by atomic mass is 10.1. The number of amides is 1. The molecule has 1 aliphatic rings. The Morgan fingerprint density at radius 1 is 1.20 bits per heavy atom. The summed E-state index contributed by atoms with van der Waals surface area (Å²) >= 11 is 6.24. The summed E-state index contributed by atoms with van der Waals surface area (Å²) in [6.45, 7) is 1.06. The summed E-state index contributed by atoms with van der Waals surface area (Å²) in [7, 11) is 0. The molecule has 1 amide bonds. The predicted molar refractivity (Wildman–Crippen MR) is 95.7 cm³/mol. The van der Waals surface area contributed by atoms with E-state index in [4.69, 9.17) is 21.1 Å². The van der Waals surface area contributed by atoms with Gasteiger partial charge in [-0.15, -0.1) is 0 Å². The molecular formula is C19H15ClN2O3. The van der Waals surface area contributed by atoms with Crippen LogP contribution in [0, 0.1) is 11.3 Å². The number of hydrogen-bond acceptors (Lipinski definition) is 4. The first-order valence-corrected chi connectivity index (χ1v) is 8.12. The van der Waals surface area contributed by atoms with E-state index in [2.05, 4.69) is 5.32 Å². The highest BCUT2D eigenvalue weighted by Gasteiger charge is 2.16. The molecule has 0 aliphatic carbocycles. The van der Waals surface area contributed by atoms with Crippen LogP contribution < -0.4 is 14.8 Å². The summed E-state index contributed by atoms with van der Waals surface area (Å²) in [6, 6.07) is 14.2. The fraction of sp³-hybridized carbons (Fsp3) is 0.158. The van der Waals surface area contributed by atoms with Crippen molar-refractivity contribution in [1.82, 2.24) is 0 Å². The molecule has 2 aromatic carbocycles. The van der Waals surface area contributed by atoms with Crippen LogP contribution in [0.4, 0.5) is 5.69 Å². The van der Waals surface area contributed by atoms with Gasteiger partial charge in [0.25, 0.3) is 5.91 Å². The molecule has 0 bridgehead atoms.